The lowest BCUT2D eigenvalue weighted by Gasteiger charge is -2.01. The van der Waals surface area contributed by atoms with Crippen molar-refractivity contribution in [3.8, 4) is 0 Å². The van der Waals surface area contributed by atoms with Gasteiger partial charge in [0.15, 0.2) is 0 Å². The van der Waals surface area contributed by atoms with E-state index in [0.29, 0.717) is 16.4 Å². The fourth-order valence-electron chi connectivity index (χ4n) is 1.58. The van der Waals surface area contributed by atoms with E-state index in [4.69, 9.17) is 5.73 Å². The van der Waals surface area contributed by atoms with E-state index < -0.39 is 0 Å². The van der Waals surface area contributed by atoms with Crippen LogP contribution in [0.1, 0.15) is 35.1 Å². The molecule has 0 bridgehead atoms. The summed E-state index contributed by atoms with van der Waals surface area (Å²) in [6.45, 7) is 2.13. The summed E-state index contributed by atoms with van der Waals surface area (Å²) in [5.74, 6) is -0.217. The molecular formula is C13H17ClN4OS. The van der Waals surface area contributed by atoms with Crippen LogP contribution in [-0.4, -0.2) is 16.1 Å². The van der Waals surface area contributed by atoms with E-state index in [0.717, 1.165) is 24.3 Å². The van der Waals surface area contributed by atoms with Crippen LogP contribution < -0.4 is 11.1 Å². The van der Waals surface area contributed by atoms with Gasteiger partial charge in [0.1, 0.15) is 5.01 Å². The Hall–Kier alpha value is -1.66. The molecule has 1 amide bonds. The summed E-state index contributed by atoms with van der Waals surface area (Å²) >= 11 is 1.41. The van der Waals surface area contributed by atoms with Crippen LogP contribution in [0.4, 0.5) is 10.8 Å². The van der Waals surface area contributed by atoms with Gasteiger partial charge in [0, 0.05) is 17.7 Å². The molecule has 2 aromatic rings. The molecule has 1 aromatic carbocycles. The Balaban J connectivity index is 0.00000200. The maximum Gasteiger partial charge on any atom is 0.257 e. The quantitative estimate of drug-likeness (QED) is 0.831. The first kappa shape index (κ1) is 16.4. The third kappa shape index (κ3) is 4.47. The number of hydrogen-bond donors (Lipinski definition) is 2. The van der Waals surface area contributed by atoms with Crippen molar-refractivity contribution in [2.45, 2.75) is 26.2 Å². The number of nitrogen functional groups attached to an aromatic ring is 1. The maximum atomic E-state index is 12.0. The second kappa shape index (κ2) is 7.81. The normalized spacial score (nSPS) is 9.85. The van der Waals surface area contributed by atoms with Gasteiger partial charge >= 0.3 is 0 Å². The minimum atomic E-state index is -0.217. The molecule has 0 atom stereocenters. The predicted molar refractivity (Wildman–Crippen MR) is 84.6 cm³/mol. The second-order valence-corrected chi connectivity index (χ2v) is 5.25. The average Bonchev–Trinajstić information content (AvgIpc) is 2.84. The van der Waals surface area contributed by atoms with E-state index in [9.17, 15) is 4.79 Å². The zero-order chi connectivity index (χ0) is 13.7. The third-order valence-corrected chi connectivity index (χ3v) is 3.48. The van der Waals surface area contributed by atoms with Gasteiger partial charge in [0.05, 0.1) is 0 Å². The number of halogens is 1. The Morgan fingerprint density at radius 3 is 2.90 bits per heavy atom. The number of hydrogen-bond acceptors (Lipinski definition) is 5. The van der Waals surface area contributed by atoms with Crippen LogP contribution in [0, 0.1) is 0 Å². The summed E-state index contributed by atoms with van der Waals surface area (Å²) in [7, 11) is 0. The molecule has 20 heavy (non-hydrogen) atoms. The molecule has 0 fully saturated rings. The monoisotopic (exact) mass is 312 g/mol. The first-order valence-corrected chi connectivity index (χ1v) is 7.00. The molecule has 0 saturated carbocycles. The highest BCUT2D eigenvalue weighted by molar-refractivity contribution is 7.15. The Bertz CT molecular complexity index is 573. The minimum Gasteiger partial charge on any atom is -0.399 e. The molecule has 3 N–H and O–H groups in total. The fourth-order valence-corrected chi connectivity index (χ4v) is 2.36. The summed E-state index contributed by atoms with van der Waals surface area (Å²) in [5, 5.41) is 12.2. The topological polar surface area (TPSA) is 80.9 Å². The number of anilines is 2. The summed E-state index contributed by atoms with van der Waals surface area (Å²) in [6, 6.07) is 6.83. The highest BCUT2D eigenvalue weighted by atomic mass is 35.5. The predicted octanol–water partition coefficient (Wildman–Crippen LogP) is 3.14. The Morgan fingerprint density at radius 1 is 1.40 bits per heavy atom. The number of unbranched alkanes of at least 4 members (excludes halogenated alkanes) is 1. The van der Waals surface area contributed by atoms with E-state index >= 15 is 0 Å². The van der Waals surface area contributed by atoms with Crippen LogP contribution >= 0.6 is 23.7 Å². The standard InChI is InChI=1S/C13H16N4OS.ClH/c1-2-3-7-11-16-17-13(19-11)15-12(18)9-5-4-6-10(14)8-9;/h4-6,8H,2-3,7,14H2,1H3,(H,15,17,18);1H. The van der Waals surface area contributed by atoms with Crippen LogP contribution in [-0.2, 0) is 6.42 Å². The first-order chi connectivity index (χ1) is 9.19. The highest BCUT2D eigenvalue weighted by Gasteiger charge is 2.10. The van der Waals surface area contributed by atoms with E-state index in [1.54, 1.807) is 24.3 Å². The zero-order valence-corrected chi connectivity index (χ0v) is 12.8. The van der Waals surface area contributed by atoms with Crippen molar-refractivity contribution in [3.05, 3.63) is 34.8 Å². The van der Waals surface area contributed by atoms with E-state index in [-0.39, 0.29) is 18.3 Å². The smallest absolute Gasteiger partial charge is 0.257 e. The van der Waals surface area contributed by atoms with E-state index in [1.807, 2.05) is 0 Å². The summed E-state index contributed by atoms with van der Waals surface area (Å²) in [5.41, 5.74) is 6.73. The van der Waals surface area contributed by atoms with Crippen molar-refractivity contribution < 1.29 is 4.79 Å². The lowest BCUT2D eigenvalue weighted by molar-refractivity contribution is 0.102. The van der Waals surface area contributed by atoms with E-state index in [2.05, 4.69) is 22.4 Å². The minimum absolute atomic E-state index is 0. The molecule has 0 unspecified atom stereocenters. The summed E-state index contributed by atoms with van der Waals surface area (Å²) in [4.78, 5) is 12.0. The number of aryl methyl sites for hydroxylation is 1. The lowest BCUT2D eigenvalue weighted by Crippen LogP contribution is -2.11. The lowest BCUT2D eigenvalue weighted by atomic mass is 10.2. The Morgan fingerprint density at radius 2 is 2.20 bits per heavy atom. The van der Waals surface area contributed by atoms with Gasteiger partial charge in [-0.2, -0.15) is 0 Å². The van der Waals surface area contributed by atoms with Crippen molar-refractivity contribution in [2.24, 2.45) is 0 Å². The number of nitrogens with two attached hydrogens (primary N) is 1. The number of nitrogens with one attached hydrogen (secondary N) is 1. The molecule has 7 heteroatoms. The molecule has 108 valence electrons. The van der Waals surface area contributed by atoms with Gasteiger partial charge in [-0.05, 0) is 24.6 Å². The molecule has 1 heterocycles. The molecule has 0 radical (unpaired) electrons. The van der Waals surface area contributed by atoms with Crippen molar-refractivity contribution >= 4 is 40.5 Å². The highest BCUT2D eigenvalue weighted by Crippen LogP contribution is 2.18. The van der Waals surface area contributed by atoms with Crippen molar-refractivity contribution in [3.63, 3.8) is 0 Å². The number of carbonyl (C=O) groups excluding carboxylic acids is 1. The Kier molecular flexibility index (Phi) is 6.41. The van der Waals surface area contributed by atoms with Gasteiger partial charge in [0.2, 0.25) is 5.13 Å². The maximum absolute atomic E-state index is 12.0. The van der Waals surface area contributed by atoms with Crippen molar-refractivity contribution in [1.82, 2.24) is 10.2 Å². The van der Waals surface area contributed by atoms with Crippen molar-refractivity contribution in [1.29, 1.82) is 0 Å². The van der Waals surface area contributed by atoms with Gasteiger partial charge < -0.3 is 5.73 Å². The summed E-state index contributed by atoms with van der Waals surface area (Å²) in [6.07, 6.45) is 3.10. The van der Waals surface area contributed by atoms with Gasteiger partial charge in [-0.1, -0.05) is 30.7 Å². The number of amides is 1. The molecule has 2 rings (SSSR count). The van der Waals surface area contributed by atoms with Gasteiger partial charge in [-0.3, -0.25) is 10.1 Å². The number of carbonyl (C=O) groups is 1. The number of aromatic nitrogens is 2. The van der Waals surface area contributed by atoms with E-state index in [1.165, 1.54) is 11.3 Å². The number of benzene rings is 1. The zero-order valence-electron chi connectivity index (χ0n) is 11.1. The fraction of sp³-hybridized carbons (Fsp3) is 0.308. The Labute approximate surface area is 128 Å². The van der Waals surface area contributed by atoms with Crippen LogP contribution in [0.15, 0.2) is 24.3 Å². The molecule has 0 aliphatic rings. The van der Waals surface area contributed by atoms with Gasteiger partial charge in [-0.15, -0.1) is 22.6 Å². The third-order valence-electron chi connectivity index (χ3n) is 2.58. The van der Waals surface area contributed by atoms with Gasteiger partial charge in [-0.25, -0.2) is 0 Å². The van der Waals surface area contributed by atoms with Crippen LogP contribution in [0.5, 0.6) is 0 Å². The molecule has 0 aliphatic heterocycles. The first-order valence-electron chi connectivity index (χ1n) is 6.18. The SMILES string of the molecule is CCCCc1nnc(NC(=O)c2cccc(N)c2)s1.Cl. The van der Waals surface area contributed by atoms with Crippen LogP contribution in [0.3, 0.4) is 0 Å². The van der Waals surface area contributed by atoms with Gasteiger partial charge in [0.25, 0.3) is 5.91 Å². The number of rotatable bonds is 5. The van der Waals surface area contributed by atoms with Crippen LogP contribution in [0.2, 0.25) is 0 Å². The van der Waals surface area contributed by atoms with Crippen LogP contribution in [0.25, 0.3) is 0 Å². The molecule has 0 spiro atoms. The number of nitrogens with zero attached hydrogens (tertiary/aromatic N) is 2. The molecule has 0 aliphatic carbocycles. The summed E-state index contributed by atoms with van der Waals surface area (Å²) < 4.78 is 0. The molecule has 0 saturated heterocycles. The average molecular weight is 313 g/mol. The largest absolute Gasteiger partial charge is 0.399 e. The second-order valence-electron chi connectivity index (χ2n) is 4.18. The molecular weight excluding hydrogens is 296 g/mol. The molecule has 5 nitrogen and oxygen atoms in total. The molecule has 1 aromatic heterocycles. The van der Waals surface area contributed by atoms with Crippen molar-refractivity contribution in [2.75, 3.05) is 11.1 Å².